The third-order valence-electron chi connectivity index (χ3n) is 1.39. The highest BCUT2D eigenvalue weighted by Crippen LogP contribution is 2.22. The Morgan fingerprint density at radius 2 is 1.43 bits per heavy atom. The lowest BCUT2D eigenvalue weighted by Gasteiger charge is -1.97. The summed E-state index contributed by atoms with van der Waals surface area (Å²) in [5.41, 5.74) is 1.22. The van der Waals surface area contributed by atoms with Crippen LogP contribution in [0.3, 0.4) is 0 Å². The summed E-state index contributed by atoms with van der Waals surface area (Å²) >= 11 is 11.5. The summed E-state index contributed by atoms with van der Waals surface area (Å²) in [5.74, 6) is 0. The molecule has 0 saturated heterocycles. The van der Waals surface area contributed by atoms with Crippen LogP contribution in [-0.2, 0) is 6.42 Å². The Labute approximate surface area is 98.2 Å². The molecule has 0 atom stereocenters. The Balaban J connectivity index is 0. The van der Waals surface area contributed by atoms with Crippen molar-refractivity contribution in [2.24, 2.45) is 0 Å². The van der Waals surface area contributed by atoms with Gasteiger partial charge in [0.15, 0.2) is 0 Å². The molecule has 0 spiro atoms. The van der Waals surface area contributed by atoms with Gasteiger partial charge in [0.2, 0.25) is 0 Å². The van der Waals surface area contributed by atoms with Crippen molar-refractivity contribution >= 4 is 23.2 Å². The van der Waals surface area contributed by atoms with Crippen LogP contribution in [0.5, 0.6) is 0 Å². The maximum atomic E-state index is 5.76. The molecular formula is C12H20Cl2. The highest BCUT2D eigenvalue weighted by Gasteiger charge is 1.96. The second-order valence-corrected chi connectivity index (χ2v) is 2.92. The topological polar surface area (TPSA) is 0 Å². The van der Waals surface area contributed by atoms with Crippen molar-refractivity contribution in [1.82, 2.24) is 0 Å². The molecule has 0 nitrogen and oxygen atoms in total. The number of halogens is 2. The van der Waals surface area contributed by atoms with Crippen molar-refractivity contribution in [1.29, 1.82) is 0 Å². The minimum atomic E-state index is 0.624. The van der Waals surface area contributed by atoms with E-state index in [1.807, 2.05) is 45.9 Å². The quantitative estimate of drug-likeness (QED) is 0.593. The average molecular weight is 235 g/mol. The lowest BCUT2D eigenvalue weighted by Crippen LogP contribution is -1.78. The van der Waals surface area contributed by atoms with Gasteiger partial charge in [-0.3, -0.25) is 0 Å². The maximum absolute atomic E-state index is 5.76. The van der Waals surface area contributed by atoms with Crippen molar-refractivity contribution in [2.45, 2.75) is 41.0 Å². The summed E-state index contributed by atoms with van der Waals surface area (Å²) in [5, 5.41) is 1.26. The fraction of sp³-hybridized carbons (Fsp3) is 0.500. The van der Waals surface area contributed by atoms with E-state index in [2.05, 4.69) is 6.92 Å². The van der Waals surface area contributed by atoms with Gasteiger partial charge in [0.05, 0.1) is 10.0 Å². The molecule has 2 heteroatoms. The van der Waals surface area contributed by atoms with Crippen LogP contribution in [0.2, 0.25) is 10.0 Å². The minimum absolute atomic E-state index is 0.624. The van der Waals surface area contributed by atoms with Gasteiger partial charge in [-0.2, -0.15) is 0 Å². The monoisotopic (exact) mass is 234 g/mol. The first kappa shape index (κ1) is 16.2. The molecule has 0 aliphatic carbocycles. The summed E-state index contributed by atoms with van der Waals surface area (Å²) in [7, 11) is 0. The standard InChI is InChI=1S/C8H8Cl2.2C2H6/c1-2-6-3-4-7(9)8(10)5-6;2*1-2/h3-5H,2H2,1H3;2*1-2H3. The Bertz CT molecular complexity index is 232. The van der Waals surface area contributed by atoms with E-state index in [-0.39, 0.29) is 0 Å². The predicted molar refractivity (Wildman–Crippen MR) is 68.5 cm³/mol. The largest absolute Gasteiger partial charge is 0.0827 e. The summed E-state index contributed by atoms with van der Waals surface area (Å²) in [6.07, 6.45) is 0.997. The molecule has 1 aromatic rings. The van der Waals surface area contributed by atoms with Crippen LogP contribution < -0.4 is 0 Å². The number of aryl methyl sites for hydroxylation is 1. The fourth-order valence-corrected chi connectivity index (χ4v) is 1.08. The van der Waals surface area contributed by atoms with E-state index in [0.29, 0.717) is 10.0 Å². The van der Waals surface area contributed by atoms with Crippen LogP contribution in [0.4, 0.5) is 0 Å². The Morgan fingerprint density at radius 1 is 0.929 bits per heavy atom. The third kappa shape index (κ3) is 6.28. The van der Waals surface area contributed by atoms with Crippen LogP contribution >= 0.6 is 23.2 Å². The number of benzene rings is 1. The van der Waals surface area contributed by atoms with Crippen LogP contribution in [-0.4, -0.2) is 0 Å². The first-order valence-corrected chi connectivity index (χ1v) is 5.93. The van der Waals surface area contributed by atoms with E-state index < -0.39 is 0 Å². The van der Waals surface area contributed by atoms with Crippen LogP contribution in [0.25, 0.3) is 0 Å². The highest BCUT2D eigenvalue weighted by atomic mass is 35.5. The van der Waals surface area contributed by atoms with Crippen LogP contribution in [0.15, 0.2) is 18.2 Å². The zero-order valence-corrected chi connectivity index (χ0v) is 11.2. The highest BCUT2D eigenvalue weighted by molar-refractivity contribution is 6.41. The molecule has 1 rings (SSSR count). The van der Waals surface area contributed by atoms with Gasteiger partial charge in [-0.1, -0.05) is 63.9 Å². The van der Waals surface area contributed by atoms with Gasteiger partial charge < -0.3 is 0 Å². The van der Waals surface area contributed by atoms with Crippen molar-refractivity contribution in [3.05, 3.63) is 33.8 Å². The lowest BCUT2D eigenvalue weighted by atomic mass is 10.2. The predicted octanol–water partition coefficient (Wildman–Crippen LogP) is 5.61. The van der Waals surface area contributed by atoms with Crippen molar-refractivity contribution in [3.8, 4) is 0 Å². The smallest absolute Gasteiger partial charge is 0.0595 e. The molecule has 0 fully saturated rings. The summed E-state index contributed by atoms with van der Waals surface area (Å²) < 4.78 is 0. The zero-order valence-electron chi connectivity index (χ0n) is 9.70. The SMILES string of the molecule is CC.CC.CCc1ccc(Cl)c(Cl)c1. The van der Waals surface area contributed by atoms with Gasteiger partial charge in [-0.05, 0) is 24.1 Å². The normalized spacial score (nSPS) is 7.93. The zero-order chi connectivity index (χ0) is 11.6. The maximum Gasteiger partial charge on any atom is 0.0595 e. The van der Waals surface area contributed by atoms with E-state index in [0.717, 1.165) is 6.42 Å². The van der Waals surface area contributed by atoms with Gasteiger partial charge in [0.25, 0.3) is 0 Å². The second-order valence-electron chi connectivity index (χ2n) is 2.10. The second kappa shape index (κ2) is 10.9. The van der Waals surface area contributed by atoms with Gasteiger partial charge in [0, 0.05) is 0 Å². The molecule has 0 N–H and O–H groups in total. The molecule has 0 radical (unpaired) electrons. The molecule has 0 bridgehead atoms. The van der Waals surface area contributed by atoms with E-state index in [4.69, 9.17) is 23.2 Å². The summed E-state index contributed by atoms with van der Waals surface area (Å²) in [6.45, 7) is 10.1. The van der Waals surface area contributed by atoms with E-state index >= 15 is 0 Å². The molecule has 1 aromatic carbocycles. The van der Waals surface area contributed by atoms with Crippen molar-refractivity contribution in [3.63, 3.8) is 0 Å². The van der Waals surface area contributed by atoms with Gasteiger partial charge in [0.1, 0.15) is 0 Å². The molecule has 0 aliphatic rings. The Hall–Kier alpha value is -0.200. The number of hydrogen-bond acceptors (Lipinski definition) is 0. The molecular weight excluding hydrogens is 215 g/mol. The fourth-order valence-electron chi connectivity index (χ4n) is 0.760. The molecule has 0 heterocycles. The number of rotatable bonds is 1. The van der Waals surface area contributed by atoms with E-state index in [9.17, 15) is 0 Å². The molecule has 14 heavy (non-hydrogen) atoms. The first-order valence-electron chi connectivity index (χ1n) is 5.18. The molecule has 0 unspecified atom stereocenters. The molecule has 82 valence electrons. The molecule has 0 aliphatic heterocycles. The first-order chi connectivity index (χ1) is 6.74. The summed E-state index contributed by atoms with van der Waals surface area (Å²) in [4.78, 5) is 0. The average Bonchev–Trinajstić information content (AvgIpc) is 2.28. The third-order valence-corrected chi connectivity index (χ3v) is 2.13. The molecule has 0 amide bonds. The van der Waals surface area contributed by atoms with Crippen molar-refractivity contribution < 1.29 is 0 Å². The molecule has 0 aromatic heterocycles. The Morgan fingerprint density at radius 3 is 1.79 bits per heavy atom. The lowest BCUT2D eigenvalue weighted by molar-refractivity contribution is 1.14. The minimum Gasteiger partial charge on any atom is -0.0827 e. The van der Waals surface area contributed by atoms with Gasteiger partial charge in [-0.25, -0.2) is 0 Å². The summed E-state index contributed by atoms with van der Waals surface area (Å²) in [6, 6.07) is 5.70. The van der Waals surface area contributed by atoms with Crippen LogP contribution in [0, 0.1) is 0 Å². The number of hydrogen-bond donors (Lipinski definition) is 0. The van der Waals surface area contributed by atoms with Gasteiger partial charge in [-0.15, -0.1) is 0 Å². The van der Waals surface area contributed by atoms with Crippen LogP contribution in [0.1, 0.15) is 40.2 Å². The van der Waals surface area contributed by atoms with Gasteiger partial charge >= 0.3 is 0 Å². The van der Waals surface area contributed by atoms with E-state index in [1.165, 1.54) is 5.56 Å². The molecule has 0 saturated carbocycles. The van der Waals surface area contributed by atoms with E-state index in [1.54, 1.807) is 0 Å². The Kier molecular flexibility index (Phi) is 12.6. The van der Waals surface area contributed by atoms with Crippen molar-refractivity contribution in [2.75, 3.05) is 0 Å².